The number of benzene rings is 1. The first kappa shape index (κ1) is 12.7. The van der Waals surface area contributed by atoms with E-state index in [1.54, 1.807) is 18.2 Å². The summed E-state index contributed by atoms with van der Waals surface area (Å²) in [5, 5.41) is 13.6. The molecule has 2 aromatic rings. The van der Waals surface area contributed by atoms with Gasteiger partial charge < -0.3 is 0 Å². The van der Waals surface area contributed by atoms with Crippen molar-refractivity contribution in [1.29, 1.82) is 0 Å². The summed E-state index contributed by atoms with van der Waals surface area (Å²) in [6.45, 7) is 6.22. The Bertz CT molecular complexity index is 585. The van der Waals surface area contributed by atoms with Gasteiger partial charge in [0.05, 0.1) is 16.2 Å². The van der Waals surface area contributed by atoms with Gasteiger partial charge in [0.25, 0.3) is 5.69 Å². The molecule has 4 nitrogen and oxygen atoms in total. The summed E-state index contributed by atoms with van der Waals surface area (Å²) in [5.74, 6) is 0. The number of nitro benzene ring substituents is 1. The second-order valence-corrected chi connectivity index (χ2v) is 5.92. The summed E-state index contributed by atoms with van der Waals surface area (Å²) in [4.78, 5) is 15.1. The van der Waals surface area contributed by atoms with E-state index in [0.717, 1.165) is 5.69 Å². The van der Waals surface area contributed by atoms with Crippen LogP contribution < -0.4 is 0 Å². The standard InChI is InChI=1S/C13H14N2O2S/c1-13(2,3)11-8-18-12(14-11)9-6-4-5-7-10(9)15(16)17/h4-8H,1-3H3. The second-order valence-electron chi connectivity index (χ2n) is 5.06. The third kappa shape index (κ3) is 2.41. The molecule has 1 aromatic carbocycles. The number of rotatable bonds is 2. The molecule has 2 rings (SSSR count). The highest BCUT2D eigenvalue weighted by Gasteiger charge is 2.21. The minimum Gasteiger partial charge on any atom is -0.258 e. The lowest BCUT2D eigenvalue weighted by molar-refractivity contribution is -0.384. The Morgan fingerprint density at radius 1 is 1.28 bits per heavy atom. The van der Waals surface area contributed by atoms with Crippen molar-refractivity contribution in [1.82, 2.24) is 4.98 Å². The van der Waals surface area contributed by atoms with Crippen molar-refractivity contribution in [3.63, 3.8) is 0 Å². The van der Waals surface area contributed by atoms with Crippen molar-refractivity contribution < 1.29 is 4.92 Å². The predicted octanol–water partition coefficient (Wildman–Crippen LogP) is 4.02. The summed E-state index contributed by atoms with van der Waals surface area (Å²) < 4.78 is 0. The fourth-order valence-electron chi connectivity index (χ4n) is 1.56. The first-order chi connectivity index (χ1) is 8.39. The smallest absolute Gasteiger partial charge is 0.258 e. The highest BCUT2D eigenvalue weighted by Crippen LogP contribution is 2.34. The summed E-state index contributed by atoms with van der Waals surface area (Å²) in [5.41, 5.74) is 1.61. The number of para-hydroxylation sites is 1. The monoisotopic (exact) mass is 262 g/mol. The van der Waals surface area contributed by atoms with Crippen LogP contribution in [-0.4, -0.2) is 9.91 Å². The first-order valence-electron chi connectivity index (χ1n) is 5.59. The first-order valence-corrected chi connectivity index (χ1v) is 6.47. The SMILES string of the molecule is CC(C)(C)c1csc(-c2ccccc2[N+](=O)[O-])n1. The van der Waals surface area contributed by atoms with E-state index in [2.05, 4.69) is 25.8 Å². The molecule has 0 unspecified atom stereocenters. The zero-order valence-corrected chi connectivity index (χ0v) is 11.3. The molecule has 0 saturated heterocycles. The van der Waals surface area contributed by atoms with Crippen LogP contribution in [0.25, 0.3) is 10.6 Å². The van der Waals surface area contributed by atoms with Crippen molar-refractivity contribution in [3.05, 3.63) is 45.5 Å². The van der Waals surface area contributed by atoms with E-state index < -0.39 is 0 Å². The van der Waals surface area contributed by atoms with E-state index in [9.17, 15) is 10.1 Å². The molecule has 0 bridgehead atoms. The molecular weight excluding hydrogens is 248 g/mol. The predicted molar refractivity (Wildman–Crippen MR) is 72.9 cm³/mol. The highest BCUT2D eigenvalue weighted by molar-refractivity contribution is 7.13. The number of hydrogen-bond donors (Lipinski definition) is 0. The lowest BCUT2D eigenvalue weighted by atomic mass is 9.93. The maximum absolute atomic E-state index is 11.0. The van der Waals surface area contributed by atoms with Gasteiger partial charge in [0.15, 0.2) is 0 Å². The van der Waals surface area contributed by atoms with Crippen LogP contribution in [-0.2, 0) is 5.41 Å². The van der Waals surface area contributed by atoms with Gasteiger partial charge in [0.2, 0.25) is 0 Å². The van der Waals surface area contributed by atoms with Gasteiger partial charge in [-0.1, -0.05) is 32.9 Å². The van der Waals surface area contributed by atoms with E-state index in [1.165, 1.54) is 17.4 Å². The van der Waals surface area contributed by atoms with Crippen molar-refractivity contribution in [2.75, 3.05) is 0 Å². The second kappa shape index (κ2) is 4.49. The molecule has 1 heterocycles. The molecule has 0 N–H and O–H groups in total. The Labute approximate surface area is 109 Å². The van der Waals surface area contributed by atoms with Gasteiger partial charge in [0.1, 0.15) is 5.01 Å². The highest BCUT2D eigenvalue weighted by atomic mass is 32.1. The molecule has 0 radical (unpaired) electrons. The van der Waals surface area contributed by atoms with Crippen LogP contribution in [0.4, 0.5) is 5.69 Å². The molecule has 0 saturated carbocycles. The van der Waals surface area contributed by atoms with E-state index in [4.69, 9.17) is 0 Å². The van der Waals surface area contributed by atoms with Crippen LogP contribution in [0.2, 0.25) is 0 Å². The van der Waals surface area contributed by atoms with Gasteiger partial charge in [0, 0.05) is 16.9 Å². The van der Waals surface area contributed by atoms with Gasteiger partial charge in [-0.25, -0.2) is 4.98 Å². The van der Waals surface area contributed by atoms with Crippen LogP contribution in [0, 0.1) is 10.1 Å². The molecule has 0 atom stereocenters. The summed E-state index contributed by atoms with van der Waals surface area (Å²) >= 11 is 1.45. The molecule has 0 aliphatic carbocycles. The van der Waals surface area contributed by atoms with E-state index in [1.807, 2.05) is 5.38 Å². The maximum Gasteiger partial charge on any atom is 0.279 e. The van der Waals surface area contributed by atoms with E-state index >= 15 is 0 Å². The molecule has 94 valence electrons. The molecule has 0 aliphatic rings. The Morgan fingerprint density at radius 2 is 1.94 bits per heavy atom. The van der Waals surface area contributed by atoms with Gasteiger partial charge in [-0.15, -0.1) is 11.3 Å². The number of aromatic nitrogens is 1. The zero-order valence-electron chi connectivity index (χ0n) is 10.5. The number of nitro groups is 1. The largest absolute Gasteiger partial charge is 0.279 e. The number of nitrogens with zero attached hydrogens (tertiary/aromatic N) is 2. The third-order valence-corrected chi connectivity index (χ3v) is 3.48. The van der Waals surface area contributed by atoms with Gasteiger partial charge in [-0.05, 0) is 6.07 Å². The maximum atomic E-state index is 11.0. The van der Waals surface area contributed by atoms with Crippen LogP contribution in [0.5, 0.6) is 0 Å². The van der Waals surface area contributed by atoms with Gasteiger partial charge >= 0.3 is 0 Å². The van der Waals surface area contributed by atoms with Gasteiger partial charge in [-0.2, -0.15) is 0 Å². The van der Waals surface area contributed by atoms with Crippen LogP contribution in [0.1, 0.15) is 26.5 Å². The Balaban J connectivity index is 2.50. The van der Waals surface area contributed by atoms with Crippen molar-refractivity contribution in [3.8, 4) is 10.6 Å². The Kier molecular flexibility index (Phi) is 3.17. The molecule has 1 aromatic heterocycles. The zero-order chi connectivity index (χ0) is 13.3. The quantitative estimate of drug-likeness (QED) is 0.606. The number of hydrogen-bond acceptors (Lipinski definition) is 4. The lowest BCUT2D eigenvalue weighted by Gasteiger charge is -2.14. The molecule has 5 heteroatoms. The minimum atomic E-state index is -0.368. The normalized spacial score (nSPS) is 11.5. The van der Waals surface area contributed by atoms with Crippen LogP contribution in [0.3, 0.4) is 0 Å². The number of thiazole rings is 1. The minimum absolute atomic E-state index is 0.0433. The molecule has 0 amide bonds. The molecular formula is C13H14N2O2S. The van der Waals surface area contributed by atoms with E-state index in [0.29, 0.717) is 10.6 Å². The molecule has 0 fully saturated rings. The fraction of sp³-hybridized carbons (Fsp3) is 0.308. The topological polar surface area (TPSA) is 56.0 Å². The fourth-order valence-corrected chi connectivity index (χ4v) is 2.64. The van der Waals surface area contributed by atoms with Crippen molar-refractivity contribution in [2.24, 2.45) is 0 Å². The van der Waals surface area contributed by atoms with Gasteiger partial charge in [-0.3, -0.25) is 10.1 Å². The Hall–Kier alpha value is -1.75. The summed E-state index contributed by atoms with van der Waals surface area (Å²) in [7, 11) is 0. The van der Waals surface area contributed by atoms with Crippen molar-refractivity contribution in [2.45, 2.75) is 26.2 Å². The third-order valence-electron chi connectivity index (χ3n) is 2.60. The molecule has 0 spiro atoms. The summed E-state index contributed by atoms with van der Waals surface area (Å²) in [6, 6.07) is 6.71. The lowest BCUT2D eigenvalue weighted by Crippen LogP contribution is -2.11. The molecule has 0 aliphatic heterocycles. The van der Waals surface area contributed by atoms with Crippen LogP contribution in [0.15, 0.2) is 29.6 Å². The Morgan fingerprint density at radius 3 is 2.50 bits per heavy atom. The molecule has 18 heavy (non-hydrogen) atoms. The van der Waals surface area contributed by atoms with Crippen LogP contribution >= 0.6 is 11.3 Å². The van der Waals surface area contributed by atoms with E-state index in [-0.39, 0.29) is 16.0 Å². The average Bonchev–Trinajstić information content (AvgIpc) is 2.77. The van der Waals surface area contributed by atoms with Crippen molar-refractivity contribution >= 4 is 17.0 Å². The average molecular weight is 262 g/mol. The summed E-state index contributed by atoms with van der Waals surface area (Å²) in [6.07, 6.45) is 0.